The zero-order valence-corrected chi connectivity index (χ0v) is 14.7. The molecule has 3 rings (SSSR count). The standard InChI is InChI=1S/C18H19F3N4O2/c1-3-15(26)25-9-7-24(8-10-25)12(2)17-22-16(23-27-17)13-5-4-6-14(11-13)18(19,20)21/h3-6,11-12H,1,7-10H2,2H3/t12-/m0/s1. The molecular weight excluding hydrogens is 361 g/mol. The molecule has 2 heterocycles. The topological polar surface area (TPSA) is 62.5 Å². The van der Waals surface area contributed by atoms with E-state index in [0.29, 0.717) is 32.1 Å². The van der Waals surface area contributed by atoms with E-state index in [0.717, 1.165) is 12.1 Å². The highest BCUT2D eigenvalue weighted by Gasteiger charge is 2.31. The molecule has 1 amide bonds. The first-order chi connectivity index (χ1) is 12.8. The summed E-state index contributed by atoms with van der Waals surface area (Å²) in [5.41, 5.74) is -0.518. The molecule has 1 fully saturated rings. The van der Waals surface area contributed by atoms with Crippen molar-refractivity contribution < 1.29 is 22.5 Å². The fourth-order valence-corrected chi connectivity index (χ4v) is 2.97. The summed E-state index contributed by atoms with van der Waals surface area (Å²) in [6.45, 7) is 7.74. The monoisotopic (exact) mass is 380 g/mol. The van der Waals surface area contributed by atoms with E-state index in [9.17, 15) is 18.0 Å². The number of hydrogen-bond donors (Lipinski definition) is 0. The second-order valence-corrected chi connectivity index (χ2v) is 6.28. The molecule has 9 heteroatoms. The second kappa shape index (κ2) is 7.51. The Hall–Kier alpha value is -2.68. The molecule has 0 unspecified atom stereocenters. The van der Waals surface area contributed by atoms with Gasteiger partial charge in [0.2, 0.25) is 17.6 Å². The SMILES string of the molecule is C=CC(=O)N1CCN([C@@H](C)c2nc(-c3cccc(C(F)(F)F)c3)no2)CC1. The van der Waals surface area contributed by atoms with Crippen molar-refractivity contribution >= 4 is 5.91 Å². The summed E-state index contributed by atoms with van der Waals surface area (Å²) in [6.07, 6.45) is -3.14. The van der Waals surface area contributed by atoms with E-state index in [1.54, 1.807) is 4.90 Å². The van der Waals surface area contributed by atoms with Crippen LogP contribution < -0.4 is 0 Å². The lowest BCUT2D eigenvalue weighted by atomic mass is 10.1. The van der Waals surface area contributed by atoms with Gasteiger partial charge in [0.15, 0.2) is 0 Å². The molecule has 0 bridgehead atoms. The first-order valence-electron chi connectivity index (χ1n) is 8.46. The number of piperazine rings is 1. The minimum atomic E-state index is -4.43. The number of alkyl halides is 3. The predicted molar refractivity (Wildman–Crippen MR) is 91.5 cm³/mol. The molecule has 1 aliphatic rings. The Kier molecular flexibility index (Phi) is 5.31. The number of carbonyl (C=O) groups excluding carboxylic acids is 1. The van der Waals surface area contributed by atoms with Crippen molar-refractivity contribution in [3.05, 3.63) is 48.4 Å². The van der Waals surface area contributed by atoms with E-state index >= 15 is 0 Å². The second-order valence-electron chi connectivity index (χ2n) is 6.28. The predicted octanol–water partition coefficient (Wildman–Crippen LogP) is 3.15. The Balaban J connectivity index is 1.71. The van der Waals surface area contributed by atoms with Gasteiger partial charge in [-0.3, -0.25) is 9.69 Å². The van der Waals surface area contributed by atoms with Crippen molar-refractivity contribution in [3.8, 4) is 11.4 Å². The molecule has 0 radical (unpaired) electrons. The smallest absolute Gasteiger partial charge is 0.337 e. The van der Waals surface area contributed by atoms with Gasteiger partial charge in [-0.15, -0.1) is 0 Å². The van der Waals surface area contributed by atoms with E-state index < -0.39 is 11.7 Å². The number of hydrogen-bond acceptors (Lipinski definition) is 5. The van der Waals surface area contributed by atoms with Gasteiger partial charge in [-0.05, 0) is 25.1 Å². The average Bonchev–Trinajstić information content (AvgIpc) is 3.16. The van der Waals surface area contributed by atoms with E-state index in [4.69, 9.17) is 4.52 Å². The molecule has 6 nitrogen and oxygen atoms in total. The minimum Gasteiger partial charge on any atom is -0.337 e. The Morgan fingerprint density at radius 3 is 2.63 bits per heavy atom. The Morgan fingerprint density at radius 2 is 2.00 bits per heavy atom. The van der Waals surface area contributed by atoms with Gasteiger partial charge < -0.3 is 9.42 Å². The molecule has 1 saturated heterocycles. The van der Waals surface area contributed by atoms with Crippen LogP contribution in [0.15, 0.2) is 41.4 Å². The number of aromatic nitrogens is 2. The van der Waals surface area contributed by atoms with Crippen LogP contribution >= 0.6 is 0 Å². The van der Waals surface area contributed by atoms with Crippen molar-refractivity contribution in [1.82, 2.24) is 19.9 Å². The molecule has 0 N–H and O–H groups in total. The van der Waals surface area contributed by atoms with Crippen LogP contribution in [-0.4, -0.2) is 52.0 Å². The fraction of sp³-hybridized carbons (Fsp3) is 0.389. The summed E-state index contributed by atoms with van der Waals surface area (Å²) in [5.74, 6) is 0.334. The maximum atomic E-state index is 12.9. The summed E-state index contributed by atoms with van der Waals surface area (Å²) < 4.78 is 43.9. The number of amides is 1. The van der Waals surface area contributed by atoms with Crippen LogP contribution in [0.3, 0.4) is 0 Å². The van der Waals surface area contributed by atoms with E-state index in [2.05, 4.69) is 21.6 Å². The highest BCUT2D eigenvalue weighted by Crippen LogP contribution is 2.32. The molecule has 0 saturated carbocycles. The van der Waals surface area contributed by atoms with Crippen LogP contribution in [0.2, 0.25) is 0 Å². The summed E-state index contributed by atoms with van der Waals surface area (Å²) in [4.78, 5) is 19.7. The summed E-state index contributed by atoms with van der Waals surface area (Å²) in [5, 5.41) is 3.82. The molecule has 2 aromatic rings. The lowest BCUT2D eigenvalue weighted by Crippen LogP contribution is -2.48. The van der Waals surface area contributed by atoms with Crippen LogP contribution in [0.1, 0.15) is 24.4 Å². The van der Waals surface area contributed by atoms with E-state index in [1.165, 1.54) is 18.2 Å². The largest absolute Gasteiger partial charge is 0.416 e. The molecule has 144 valence electrons. The normalized spacial score (nSPS) is 17.0. The van der Waals surface area contributed by atoms with Crippen molar-refractivity contribution in [2.24, 2.45) is 0 Å². The number of nitrogens with zero attached hydrogens (tertiary/aromatic N) is 4. The summed E-state index contributed by atoms with van der Waals surface area (Å²) >= 11 is 0. The quantitative estimate of drug-likeness (QED) is 0.763. The summed E-state index contributed by atoms with van der Waals surface area (Å²) in [7, 11) is 0. The third-order valence-corrected chi connectivity index (χ3v) is 4.60. The van der Waals surface area contributed by atoms with Crippen LogP contribution in [0.4, 0.5) is 13.2 Å². The number of rotatable bonds is 4. The van der Waals surface area contributed by atoms with Gasteiger partial charge in [0.25, 0.3) is 0 Å². The zero-order valence-electron chi connectivity index (χ0n) is 14.7. The van der Waals surface area contributed by atoms with Gasteiger partial charge in [0.1, 0.15) is 0 Å². The Bertz CT molecular complexity index is 826. The van der Waals surface area contributed by atoms with Crippen LogP contribution in [0.5, 0.6) is 0 Å². The van der Waals surface area contributed by atoms with Crippen molar-refractivity contribution in [2.45, 2.75) is 19.1 Å². The van der Waals surface area contributed by atoms with Crippen molar-refractivity contribution in [1.29, 1.82) is 0 Å². The lowest BCUT2D eigenvalue weighted by Gasteiger charge is -2.36. The van der Waals surface area contributed by atoms with Gasteiger partial charge in [-0.25, -0.2) is 0 Å². The molecule has 1 aromatic heterocycles. The van der Waals surface area contributed by atoms with Gasteiger partial charge >= 0.3 is 6.18 Å². The Labute approximate surface area is 154 Å². The molecule has 1 atom stereocenters. The molecular formula is C18H19F3N4O2. The molecule has 1 aromatic carbocycles. The van der Waals surface area contributed by atoms with Crippen LogP contribution in [0, 0.1) is 0 Å². The Morgan fingerprint density at radius 1 is 1.30 bits per heavy atom. The zero-order chi connectivity index (χ0) is 19.6. The lowest BCUT2D eigenvalue weighted by molar-refractivity contribution is -0.137. The average molecular weight is 380 g/mol. The van der Waals surface area contributed by atoms with Gasteiger partial charge in [-0.1, -0.05) is 23.9 Å². The highest BCUT2D eigenvalue weighted by atomic mass is 19.4. The molecule has 1 aliphatic heterocycles. The molecule has 0 aliphatic carbocycles. The minimum absolute atomic E-state index is 0.105. The molecule has 27 heavy (non-hydrogen) atoms. The van der Waals surface area contributed by atoms with Gasteiger partial charge in [0.05, 0.1) is 11.6 Å². The number of carbonyl (C=O) groups is 1. The maximum absolute atomic E-state index is 12.9. The molecule has 0 spiro atoms. The van der Waals surface area contributed by atoms with E-state index in [1.807, 2.05) is 6.92 Å². The van der Waals surface area contributed by atoms with E-state index in [-0.39, 0.29) is 23.3 Å². The fourth-order valence-electron chi connectivity index (χ4n) is 2.97. The highest BCUT2D eigenvalue weighted by molar-refractivity contribution is 5.87. The van der Waals surface area contributed by atoms with Crippen molar-refractivity contribution in [2.75, 3.05) is 26.2 Å². The van der Waals surface area contributed by atoms with Crippen molar-refractivity contribution in [3.63, 3.8) is 0 Å². The summed E-state index contributed by atoms with van der Waals surface area (Å²) in [6, 6.07) is 4.61. The first-order valence-corrected chi connectivity index (χ1v) is 8.46. The third kappa shape index (κ3) is 4.19. The van der Waals surface area contributed by atoms with Crippen LogP contribution in [-0.2, 0) is 11.0 Å². The number of benzene rings is 1. The van der Waals surface area contributed by atoms with Crippen LogP contribution in [0.25, 0.3) is 11.4 Å². The first kappa shape index (κ1) is 19.1. The maximum Gasteiger partial charge on any atom is 0.416 e. The van der Waals surface area contributed by atoms with Gasteiger partial charge in [-0.2, -0.15) is 18.2 Å². The number of halogens is 3. The third-order valence-electron chi connectivity index (χ3n) is 4.60. The van der Waals surface area contributed by atoms with Gasteiger partial charge in [0, 0.05) is 31.7 Å².